The summed E-state index contributed by atoms with van der Waals surface area (Å²) in [6.45, 7) is 10.5. The van der Waals surface area contributed by atoms with Crippen LogP contribution in [0.1, 0.15) is 58.8 Å². The van der Waals surface area contributed by atoms with Crippen LogP contribution in [0.4, 0.5) is 0 Å². The zero-order valence-electron chi connectivity index (χ0n) is 8.36. The van der Waals surface area contributed by atoms with Gasteiger partial charge in [0, 0.05) is 0 Å². The summed E-state index contributed by atoms with van der Waals surface area (Å²) in [5.74, 6) is 0. The molecule has 0 N–H and O–H groups in total. The molecule has 0 aromatic heterocycles. The second-order valence-electron chi connectivity index (χ2n) is 2.77. The smallest absolute Gasteiger partial charge is 0.0533 e. The van der Waals surface area contributed by atoms with Crippen molar-refractivity contribution in [2.24, 2.45) is 0 Å². The molecule has 68 valence electrons. The van der Waals surface area contributed by atoms with Crippen molar-refractivity contribution < 1.29 is 0 Å². The molecule has 0 aromatic carbocycles. The summed E-state index contributed by atoms with van der Waals surface area (Å²) in [6.07, 6.45) is 9.97. The molecule has 0 aliphatic heterocycles. The summed E-state index contributed by atoms with van der Waals surface area (Å²) < 4.78 is 0. The van der Waals surface area contributed by atoms with Crippen LogP contribution in [0.15, 0.2) is 13.2 Å². The first-order valence-corrected chi connectivity index (χ1v) is 4.91. The van der Waals surface area contributed by atoms with Gasteiger partial charge in [-0.25, -0.2) is 0 Å². The minimum absolute atomic E-state index is 1.37. The molecular weight excluding hydrogens is 132 g/mol. The largest absolute Gasteiger partial charge is 0.106 e. The Morgan fingerprint density at radius 1 is 0.636 bits per heavy atom. The zero-order valence-corrected chi connectivity index (χ0v) is 8.36. The lowest BCUT2D eigenvalue weighted by Crippen LogP contribution is -1.76. The minimum atomic E-state index is 1.37. The van der Waals surface area contributed by atoms with E-state index < -0.39 is 0 Å². The second kappa shape index (κ2) is 16.4. The van der Waals surface area contributed by atoms with Crippen molar-refractivity contribution in [3.8, 4) is 0 Å². The molecule has 0 bridgehead atoms. The summed E-state index contributed by atoms with van der Waals surface area (Å²) in [5.41, 5.74) is 0. The summed E-state index contributed by atoms with van der Waals surface area (Å²) in [6, 6.07) is 0. The number of rotatable bonds is 6. The molecule has 0 aromatic rings. The van der Waals surface area contributed by atoms with E-state index in [2.05, 4.69) is 27.0 Å². The van der Waals surface area contributed by atoms with Gasteiger partial charge in [0.15, 0.2) is 0 Å². The van der Waals surface area contributed by atoms with E-state index in [1.807, 2.05) is 0 Å². The van der Waals surface area contributed by atoms with Crippen LogP contribution >= 0.6 is 0 Å². The Bertz CT molecular complexity index is 42.0. The maximum absolute atomic E-state index is 3.00. The number of unbranched alkanes of at least 4 members (excludes halogenated alkanes) is 6. The fourth-order valence-electron chi connectivity index (χ4n) is 1.03. The van der Waals surface area contributed by atoms with E-state index in [1.165, 1.54) is 44.9 Å². The molecule has 0 nitrogen and oxygen atoms in total. The average molecular weight is 156 g/mol. The van der Waals surface area contributed by atoms with Gasteiger partial charge in [-0.3, -0.25) is 0 Å². The van der Waals surface area contributed by atoms with Gasteiger partial charge < -0.3 is 0 Å². The SMILES string of the molecule is C=C.CCCCCCCCC. The van der Waals surface area contributed by atoms with Crippen LogP contribution in [0.3, 0.4) is 0 Å². The Balaban J connectivity index is 0. The van der Waals surface area contributed by atoms with Crippen molar-refractivity contribution in [1.82, 2.24) is 0 Å². The van der Waals surface area contributed by atoms with Crippen LogP contribution in [0.2, 0.25) is 0 Å². The lowest BCUT2D eigenvalue weighted by molar-refractivity contribution is 0.602. The highest BCUT2D eigenvalue weighted by molar-refractivity contribution is 4.41. The van der Waals surface area contributed by atoms with Gasteiger partial charge in [-0.2, -0.15) is 0 Å². The van der Waals surface area contributed by atoms with Gasteiger partial charge in [0.1, 0.15) is 0 Å². The molecule has 0 saturated carbocycles. The predicted molar refractivity (Wildman–Crippen MR) is 54.9 cm³/mol. The molecule has 0 aliphatic carbocycles. The van der Waals surface area contributed by atoms with Crippen LogP contribution in [-0.2, 0) is 0 Å². The molecular formula is C11H24. The van der Waals surface area contributed by atoms with E-state index in [0.29, 0.717) is 0 Å². The maximum atomic E-state index is 3.00. The Morgan fingerprint density at radius 2 is 0.909 bits per heavy atom. The maximum Gasteiger partial charge on any atom is -0.0533 e. The van der Waals surface area contributed by atoms with Crippen molar-refractivity contribution in [3.05, 3.63) is 13.2 Å². The predicted octanol–water partition coefficient (Wildman–Crippen LogP) is 4.56. The van der Waals surface area contributed by atoms with Gasteiger partial charge in [-0.05, 0) is 0 Å². The third kappa shape index (κ3) is 17.7. The molecule has 0 atom stereocenters. The van der Waals surface area contributed by atoms with E-state index in [4.69, 9.17) is 0 Å². The molecule has 11 heavy (non-hydrogen) atoms. The number of hydrogen-bond acceptors (Lipinski definition) is 0. The fraction of sp³-hybridized carbons (Fsp3) is 0.818. The van der Waals surface area contributed by atoms with Gasteiger partial charge >= 0.3 is 0 Å². The lowest BCUT2D eigenvalue weighted by Gasteiger charge is -1.96. The van der Waals surface area contributed by atoms with Crippen LogP contribution < -0.4 is 0 Å². The molecule has 0 aliphatic rings. The van der Waals surface area contributed by atoms with Crippen molar-refractivity contribution >= 4 is 0 Å². The molecule has 0 unspecified atom stereocenters. The van der Waals surface area contributed by atoms with Gasteiger partial charge in [0.25, 0.3) is 0 Å². The third-order valence-corrected chi connectivity index (χ3v) is 1.71. The first-order valence-electron chi connectivity index (χ1n) is 4.91. The van der Waals surface area contributed by atoms with Crippen LogP contribution in [0, 0.1) is 0 Å². The standard InChI is InChI=1S/C9H20.C2H4/c1-3-5-7-9-8-6-4-2;1-2/h3-9H2,1-2H3;1-2H2. The van der Waals surface area contributed by atoms with Crippen LogP contribution in [0.5, 0.6) is 0 Å². The van der Waals surface area contributed by atoms with E-state index in [9.17, 15) is 0 Å². The van der Waals surface area contributed by atoms with Gasteiger partial charge in [-0.1, -0.05) is 58.8 Å². The van der Waals surface area contributed by atoms with E-state index in [-0.39, 0.29) is 0 Å². The quantitative estimate of drug-likeness (QED) is 0.390. The molecule has 0 saturated heterocycles. The van der Waals surface area contributed by atoms with Crippen LogP contribution in [0.25, 0.3) is 0 Å². The number of hydrogen-bond donors (Lipinski definition) is 0. The Kier molecular flexibility index (Phi) is 19.9. The van der Waals surface area contributed by atoms with E-state index in [1.54, 1.807) is 0 Å². The zero-order chi connectivity index (χ0) is 8.95. The van der Waals surface area contributed by atoms with Crippen molar-refractivity contribution in [2.45, 2.75) is 58.8 Å². The minimum Gasteiger partial charge on any atom is -0.106 e. The van der Waals surface area contributed by atoms with Gasteiger partial charge in [0.2, 0.25) is 0 Å². The second-order valence-corrected chi connectivity index (χ2v) is 2.77. The third-order valence-electron chi connectivity index (χ3n) is 1.71. The van der Waals surface area contributed by atoms with Crippen LogP contribution in [-0.4, -0.2) is 0 Å². The van der Waals surface area contributed by atoms with Crippen molar-refractivity contribution in [2.75, 3.05) is 0 Å². The summed E-state index contributed by atoms with van der Waals surface area (Å²) in [7, 11) is 0. The fourth-order valence-corrected chi connectivity index (χ4v) is 1.03. The molecule has 0 heteroatoms. The highest BCUT2D eigenvalue weighted by Gasteiger charge is 1.85. The Labute approximate surface area is 72.7 Å². The van der Waals surface area contributed by atoms with Gasteiger partial charge in [0.05, 0.1) is 0 Å². The molecule has 0 rings (SSSR count). The first kappa shape index (κ1) is 13.3. The molecule has 0 amide bonds. The molecule has 0 heterocycles. The highest BCUT2D eigenvalue weighted by Crippen LogP contribution is 2.05. The molecule has 0 spiro atoms. The first-order chi connectivity index (χ1) is 5.41. The monoisotopic (exact) mass is 156 g/mol. The summed E-state index contributed by atoms with van der Waals surface area (Å²) >= 11 is 0. The molecule has 0 radical (unpaired) electrons. The Morgan fingerprint density at radius 3 is 1.18 bits per heavy atom. The van der Waals surface area contributed by atoms with Gasteiger partial charge in [-0.15, -0.1) is 13.2 Å². The summed E-state index contributed by atoms with van der Waals surface area (Å²) in [5, 5.41) is 0. The lowest BCUT2D eigenvalue weighted by atomic mass is 10.1. The van der Waals surface area contributed by atoms with Crippen molar-refractivity contribution in [1.29, 1.82) is 0 Å². The normalized spacial score (nSPS) is 8.55. The average Bonchev–Trinajstić information content (AvgIpc) is 2.08. The highest BCUT2D eigenvalue weighted by atomic mass is 13.9. The topological polar surface area (TPSA) is 0 Å². The van der Waals surface area contributed by atoms with E-state index in [0.717, 1.165) is 0 Å². The molecule has 0 fully saturated rings. The van der Waals surface area contributed by atoms with Crippen molar-refractivity contribution in [3.63, 3.8) is 0 Å². The Hall–Kier alpha value is -0.260. The summed E-state index contributed by atoms with van der Waals surface area (Å²) in [4.78, 5) is 0. The van der Waals surface area contributed by atoms with E-state index >= 15 is 0 Å².